The van der Waals surface area contributed by atoms with E-state index < -0.39 is 5.91 Å². The van der Waals surface area contributed by atoms with Gasteiger partial charge in [-0.25, -0.2) is 0 Å². The van der Waals surface area contributed by atoms with Gasteiger partial charge in [0.1, 0.15) is 0 Å². The van der Waals surface area contributed by atoms with Crippen molar-refractivity contribution < 1.29 is 14.4 Å². The van der Waals surface area contributed by atoms with Gasteiger partial charge in [0.15, 0.2) is 0 Å². The summed E-state index contributed by atoms with van der Waals surface area (Å²) in [5.74, 6) is -1.11. The van der Waals surface area contributed by atoms with Gasteiger partial charge in [0, 0.05) is 29.5 Å². The predicted molar refractivity (Wildman–Crippen MR) is 101 cm³/mol. The quantitative estimate of drug-likeness (QED) is 0.783. The second-order valence-electron chi connectivity index (χ2n) is 6.14. The lowest BCUT2D eigenvalue weighted by atomic mass is 10.1. The number of anilines is 1. The zero-order valence-corrected chi connectivity index (χ0v) is 15.5. The van der Waals surface area contributed by atoms with Crippen molar-refractivity contribution in [2.75, 3.05) is 11.4 Å². The molecule has 1 aliphatic rings. The van der Waals surface area contributed by atoms with Gasteiger partial charge in [-0.3, -0.25) is 14.4 Å². The number of amides is 3. The molecule has 3 N–H and O–H groups in total. The lowest BCUT2D eigenvalue weighted by Crippen LogP contribution is -2.32. The van der Waals surface area contributed by atoms with Gasteiger partial charge in [0.2, 0.25) is 17.7 Å². The Hall–Kier alpha value is -2.67. The van der Waals surface area contributed by atoms with Crippen LogP contribution in [0.3, 0.4) is 0 Å². The Kier molecular flexibility index (Phi) is 5.37. The van der Waals surface area contributed by atoms with Crippen molar-refractivity contribution >= 4 is 39.3 Å². The van der Waals surface area contributed by atoms with Crippen LogP contribution < -0.4 is 16.0 Å². The standard InChI is InChI=1S/C19H18BrN3O3/c20-15-3-1-2-4-16(15)23-11-14(9-17(23)24)19(26)22-10-12-5-7-13(8-6-12)18(21)25/h1-8,14H,9-11H2,(H2,21,25)(H,22,26). The number of hydrogen-bond donors (Lipinski definition) is 2. The first-order valence-electron chi connectivity index (χ1n) is 8.17. The van der Waals surface area contributed by atoms with Crippen molar-refractivity contribution in [3.05, 3.63) is 64.1 Å². The van der Waals surface area contributed by atoms with E-state index in [1.807, 2.05) is 24.3 Å². The largest absolute Gasteiger partial charge is 0.366 e. The highest BCUT2D eigenvalue weighted by molar-refractivity contribution is 9.10. The summed E-state index contributed by atoms with van der Waals surface area (Å²) >= 11 is 3.44. The predicted octanol–water partition coefficient (Wildman–Crippen LogP) is 2.22. The fraction of sp³-hybridized carbons (Fsp3) is 0.211. The molecule has 0 bridgehead atoms. The molecule has 3 rings (SSSR count). The number of hydrogen-bond acceptors (Lipinski definition) is 3. The monoisotopic (exact) mass is 415 g/mol. The molecule has 0 aliphatic carbocycles. The van der Waals surface area contributed by atoms with Crippen LogP contribution in [0.5, 0.6) is 0 Å². The molecule has 1 atom stereocenters. The van der Waals surface area contributed by atoms with E-state index in [-0.39, 0.29) is 24.2 Å². The number of nitrogens with one attached hydrogen (secondary N) is 1. The van der Waals surface area contributed by atoms with Crippen LogP contribution in [-0.4, -0.2) is 24.3 Å². The minimum Gasteiger partial charge on any atom is -0.366 e. The van der Waals surface area contributed by atoms with E-state index in [4.69, 9.17) is 5.73 Å². The van der Waals surface area contributed by atoms with Crippen molar-refractivity contribution in [3.8, 4) is 0 Å². The zero-order valence-electron chi connectivity index (χ0n) is 13.9. The third-order valence-corrected chi connectivity index (χ3v) is 5.01. The zero-order chi connectivity index (χ0) is 18.7. The lowest BCUT2D eigenvalue weighted by molar-refractivity contribution is -0.126. The fourth-order valence-electron chi connectivity index (χ4n) is 2.91. The molecule has 1 unspecified atom stereocenters. The Balaban J connectivity index is 1.60. The lowest BCUT2D eigenvalue weighted by Gasteiger charge is -2.18. The number of nitrogens with zero attached hydrogens (tertiary/aromatic N) is 1. The maximum atomic E-state index is 12.4. The first-order chi connectivity index (χ1) is 12.5. The summed E-state index contributed by atoms with van der Waals surface area (Å²) in [4.78, 5) is 37.4. The number of benzene rings is 2. The molecular weight excluding hydrogens is 398 g/mol. The first-order valence-corrected chi connectivity index (χ1v) is 8.96. The van der Waals surface area contributed by atoms with Crippen LogP contribution in [0, 0.1) is 5.92 Å². The van der Waals surface area contributed by atoms with Crippen LogP contribution in [0.1, 0.15) is 22.3 Å². The van der Waals surface area contributed by atoms with E-state index in [0.717, 1.165) is 15.7 Å². The van der Waals surface area contributed by atoms with Gasteiger partial charge in [0.25, 0.3) is 0 Å². The van der Waals surface area contributed by atoms with E-state index in [1.54, 1.807) is 29.2 Å². The average Bonchev–Trinajstić information content (AvgIpc) is 3.02. The SMILES string of the molecule is NC(=O)c1ccc(CNC(=O)C2CC(=O)N(c3ccccc3Br)C2)cc1. The van der Waals surface area contributed by atoms with Crippen LogP contribution in [0.4, 0.5) is 5.69 Å². The second kappa shape index (κ2) is 7.70. The number of rotatable bonds is 5. The molecule has 0 spiro atoms. The summed E-state index contributed by atoms with van der Waals surface area (Å²) in [6.07, 6.45) is 0.188. The molecule has 0 radical (unpaired) electrons. The number of nitrogens with two attached hydrogens (primary N) is 1. The Labute approximate surface area is 159 Å². The van der Waals surface area contributed by atoms with Gasteiger partial charge in [-0.1, -0.05) is 24.3 Å². The molecule has 0 saturated carbocycles. The number of primary amides is 1. The minimum atomic E-state index is -0.489. The highest BCUT2D eigenvalue weighted by Gasteiger charge is 2.35. The van der Waals surface area contributed by atoms with E-state index in [1.165, 1.54) is 0 Å². The summed E-state index contributed by atoms with van der Waals surface area (Å²) in [5.41, 5.74) is 7.26. The smallest absolute Gasteiger partial charge is 0.248 e. The van der Waals surface area contributed by atoms with Crippen LogP contribution in [0.15, 0.2) is 53.0 Å². The summed E-state index contributed by atoms with van der Waals surface area (Å²) < 4.78 is 0.823. The second-order valence-corrected chi connectivity index (χ2v) is 6.99. The molecule has 1 heterocycles. The summed E-state index contributed by atoms with van der Waals surface area (Å²) in [5, 5.41) is 2.85. The van der Waals surface area contributed by atoms with Gasteiger partial charge in [-0.2, -0.15) is 0 Å². The normalized spacial score (nSPS) is 16.6. The summed E-state index contributed by atoms with van der Waals surface area (Å²) in [6.45, 7) is 0.686. The van der Waals surface area contributed by atoms with Crippen molar-refractivity contribution in [3.63, 3.8) is 0 Å². The third-order valence-electron chi connectivity index (χ3n) is 4.34. The van der Waals surface area contributed by atoms with Gasteiger partial charge in [-0.05, 0) is 45.8 Å². The first kappa shape index (κ1) is 18.1. The third kappa shape index (κ3) is 3.94. The van der Waals surface area contributed by atoms with Crippen molar-refractivity contribution in [2.24, 2.45) is 11.7 Å². The molecule has 1 saturated heterocycles. The van der Waals surface area contributed by atoms with Crippen molar-refractivity contribution in [2.45, 2.75) is 13.0 Å². The molecule has 7 heteroatoms. The maximum absolute atomic E-state index is 12.4. The topological polar surface area (TPSA) is 92.5 Å². The molecule has 2 aromatic carbocycles. The van der Waals surface area contributed by atoms with Crippen LogP contribution in [0.2, 0.25) is 0 Å². The highest BCUT2D eigenvalue weighted by atomic mass is 79.9. The molecule has 3 amide bonds. The molecule has 134 valence electrons. The van der Waals surface area contributed by atoms with E-state index in [2.05, 4.69) is 21.2 Å². The molecule has 2 aromatic rings. The fourth-order valence-corrected chi connectivity index (χ4v) is 3.41. The molecule has 26 heavy (non-hydrogen) atoms. The number of carbonyl (C=O) groups is 3. The van der Waals surface area contributed by atoms with Gasteiger partial charge < -0.3 is 16.0 Å². The van der Waals surface area contributed by atoms with Gasteiger partial charge >= 0.3 is 0 Å². The van der Waals surface area contributed by atoms with E-state index >= 15 is 0 Å². The van der Waals surface area contributed by atoms with E-state index in [0.29, 0.717) is 18.7 Å². The van der Waals surface area contributed by atoms with Crippen molar-refractivity contribution in [1.82, 2.24) is 5.32 Å². The Bertz CT molecular complexity index is 851. The molecule has 1 fully saturated rings. The Morgan fingerprint density at radius 1 is 1.15 bits per heavy atom. The van der Waals surface area contributed by atoms with Crippen LogP contribution in [0.25, 0.3) is 0 Å². The maximum Gasteiger partial charge on any atom is 0.248 e. The number of para-hydroxylation sites is 1. The van der Waals surface area contributed by atoms with Crippen LogP contribution in [-0.2, 0) is 16.1 Å². The Morgan fingerprint density at radius 2 is 1.85 bits per heavy atom. The number of halogens is 1. The highest BCUT2D eigenvalue weighted by Crippen LogP contribution is 2.31. The Morgan fingerprint density at radius 3 is 2.50 bits per heavy atom. The summed E-state index contributed by atoms with van der Waals surface area (Å²) in [7, 11) is 0. The summed E-state index contributed by atoms with van der Waals surface area (Å²) in [6, 6.07) is 14.2. The average molecular weight is 416 g/mol. The molecular formula is C19H18BrN3O3. The van der Waals surface area contributed by atoms with Crippen LogP contribution >= 0.6 is 15.9 Å². The molecule has 1 aliphatic heterocycles. The molecule has 6 nitrogen and oxygen atoms in total. The van der Waals surface area contributed by atoms with Gasteiger partial charge in [0.05, 0.1) is 11.6 Å². The minimum absolute atomic E-state index is 0.0668. The number of carbonyl (C=O) groups excluding carboxylic acids is 3. The van der Waals surface area contributed by atoms with Crippen molar-refractivity contribution in [1.29, 1.82) is 0 Å². The van der Waals surface area contributed by atoms with E-state index in [9.17, 15) is 14.4 Å². The van der Waals surface area contributed by atoms with Gasteiger partial charge in [-0.15, -0.1) is 0 Å². The molecule has 0 aromatic heterocycles.